The zero-order chi connectivity index (χ0) is 30.4. The summed E-state index contributed by atoms with van der Waals surface area (Å²) in [6, 6.07) is 10.6. The number of methoxy groups -OCH3 is 1. The number of benzene rings is 3. The van der Waals surface area contributed by atoms with Crippen molar-refractivity contribution in [1.82, 2.24) is 15.5 Å². The highest BCUT2D eigenvalue weighted by Gasteiger charge is 2.45. The molecule has 1 saturated heterocycles. The molecule has 4 aromatic rings. The number of halogens is 3. The molecule has 1 fully saturated rings. The molecule has 2 atom stereocenters. The first-order valence-electron chi connectivity index (χ1n) is 13.3. The van der Waals surface area contributed by atoms with Crippen molar-refractivity contribution in [2.24, 2.45) is 0 Å². The number of aliphatic hydroxyl groups is 2. The predicted molar refractivity (Wildman–Crippen MR) is 148 cm³/mol. The molecule has 42 heavy (non-hydrogen) atoms. The highest BCUT2D eigenvalue weighted by molar-refractivity contribution is 5.99. The smallest absolute Gasteiger partial charge is 0.251 e. The third-order valence-corrected chi connectivity index (χ3v) is 7.39. The molecule has 8 nitrogen and oxygen atoms in total. The van der Waals surface area contributed by atoms with Crippen LogP contribution < -0.4 is 10.1 Å². The highest BCUT2D eigenvalue weighted by Crippen LogP contribution is 2.43. The van der Waals surface area contributed by atoms with Crippen LogP contribution in [0.15, 0.2) is 48.5 Å². The Morgan fingerprint density at radius 3 is 2.45 bits per heavy atom. The van der Waals surface area contributed by atoms with Crippen molar-refractivity contribution >= 4 is 16.8 Å². The number of nitrogens with one attached hydrogen (secondary N) is 1. The number of carbonyl (C=O) groups excluding carboxylic acids is 1. The van der Waals surface area contributed by atoms with E-state index in [2.05, 4.69) is 15.5 Å². The summed E-state index contributed by atoms with van der Waals surface area (Å²) in [6.07, 6.45) is -1.13. The Bertz CT molecular complexity index is 1670. The minimum atomic E-state index is -1.74. The maximum Gasteiger partial charge on any atom is 0.251 e. The fraction of sp³-hybridized carbons (Fsp3) is 0.323. The van der Waals surface area contributed by atoms with Gasteiger partial charge in [-0.05, 0) is 62.7 Å². The normalized spacial score (nSPS) is 18.8. The summed E-state index contributed by atoms with van der Waals surface area (Å²) in [4.78, 5) is 13.4. The number of hydrogen-bond donors (Lipinski definition) is 3. The Morgan fingerprint density at radius 1 is 1.12 bits per heavy atom. The highest BCUT2D eigenvalue weighted by atomic mass is 19.1. The van der Waals surface area contributed by atoms with Crippen LogP contribution in [0.2, 0.25) is 0 Å². The number of hydrogen-bond acceptors (Lipinski definition) is 7. The van der Waals surface area contributed by atoms with E-state index < -0.39 is 46.2 Å². The standard InChI is InChI=1S/C31H30F3N3O5/c1-16-9-18-10-19(11-24(41-4)28(18)37-36-16)29(39)35-15-31(13-21(38)14-42-31)23-12-22(30(2,3)40)26(33)25(27(23)34)17-5-7-20(32)8-6-17/h5-12,21,38,40H,13-15H2,1-4H3,(H,35,39)/t21-,31-/m1/s1. The largest absolute Gasteiger partial charge is 0.494 e. The summed E-state index contributed by atoms with van der Waals surface area (Å²) >= 11 is 0. The van der Waals surface area contributed by atoms with Crippen LogP contribution in [0.1, 0.15) is 47.4 Å². The Hall–Kier alpha value is -4.06. The molecule has 0 bridgehead atoms. The lowest BCUT2D eigenvalue weighted by Gasteiger charge is -2.32. The third-order valence-electron chi connectivity index (χ3n) is 7.39. The Labute approximate surface area is 240 Å². The van der Waals surface area contributed by atoms with Crippen molar-refractivity contribution in [3.63, 3.8) is 0 Å². The molecule has 220 valence electrons. The second-order valence-corrected chi connectivity index (χ2v) is 11.0. The van der Waals surface area contributed by atoms with Gasteiger partial charge in [0.05, 0.1) is 43.2 Å². The predicted octanol–water partition coefficient (Wildman–Crippen LogP) is 4.67. The number of rotatable bonds is 7. The van der Waals surface area contributed by atoms with Gasteiger partial charge in [-0.25, -0.2) is 13.2 Å². The molecule has 1 aliphatic rings. The lowest BCUT2D eigenvalue weighted by Crippen LogP contribution is -2.42. The summed E-state index contributed by atoms with van der Waals surface area (Å²) < 4.78 is 57.1. The molecule has 5 rings (SSSR count). The van der Waals surface area contributed by atoms with Crippen LogP contribution in [-0.2, 0) is 15.9 Å². The SMILES string of the molecule is COc1cc(C(=O)NC[C@@]2(c3cc(C(C)(C)O)c(F)c(-c4ccc(F)cc4)c3F)C[C@@H](O)CO2)cc2cc(C)nnc12. The van der Waals surface area contributed by atoms with Gasteiger partial charge in [-0.1, -0.05) is 12.1 Å². The Balaban J connectivity index is 1.58. The van der Waals surface area contributed by atoms with E-state index in [4.69, 9.17) is 9.47 Å². The van der Waals surface area contributed by atoms with Crippen LogP contribution in [0.3, 0.4) is 0 Å². The van der Waals surface area contributed by atoms with Gasteiger partial charge in [0, 0.05) is 28.5 Å². The third kappa shape index (κ3) is 5.42. The number of amides is 1. The second kappa shape index (κ2) is 11.0. The Kier molecular flexibility index (Phi) is 7.69. The quantitative estimate of drug-likeness (QED) is 0.291. The minimum absolute atomic E-state index is 0.0399. The average Bonchev–Trinajstić information content (AvgIpc) is 3.32. The molecule has 1 aliphatic heterocycles. The van der Waals surface area contributed by atoms with Crippen LogP contribution in [-0.4, -0.2) is 52.7 Å². The second-order valence-electron chi connectivity index (χ2n) is 11.0. The number of fused-ring (bicyclic) bond motifs is 1. The minimum Gasteiger partial charge on any atom is -0.494 e. The number of aryl methyl sites for hydroxylation is 1. The first kappa shape index (κ1) is 29.4. The molecular weight excluding hydrogens is 551 g/mol. The molecule has 11 heteroatoms. The van der Waals surface area contributed by atoms with Crippen molar-refractivity contribution in [1.29, 1.82) is 0 Å². The van der Waals surface area contributed by atoms with Crippen LogP contribution in [0.25, 0.3) is 22.0 Å². The van der Waals surface area contributed by atoms with Gasteiger partial charge in [-0.3, -0.25) is 4.79 Å². The first-order chi connectivity index (χ1) is 19.8. The summed E-state index contributed by atoms with van der Waals surface area (Å²) in [5, 5.41) is 32.8. The van der Waals surface area contributed by atoms with Crippen LogP contribution in [0.5, 0.6) is 5.75 Å². The van der Waals surface area contributed by atoms with E-state index in [1.54, 1.807) is 19.1 Å². The van der Waals surface area contributed by atoms with Crippen molar-refractivity contribution in [2.45, 2.75) is 44.5 Å². The lowest BCUT2D eigenvalue weighted by molar-refractivity contribution is -0.00460. The molecule has 0 unspecified atom stereocenters. The van der Waals surface area contributed by atoms with Crippen LogP contribution in [0, 0.1) is 24.4 Å². The molecule has 3 aromatic carbocycles. The molecule has 0 aliphatic carbocycles. The number of aromatic nitrogens is 2. The molecule has 1 aromatic heterocycles. The lowest BCUT2D eigenvalue weighted by atomic mass is 9.82. The van der Waals surface area contributed by atoms with E-state index in [1.165, 1.54) is 39.2 Å². The topological polar surface area (TPSA) is 114 Å². The fourth-order valence-corrected chi connectivity index (χ4v) is 5.28. The average molecular weight is 582 g/mol. The van der Waals surface area contributed by atoms with Crippen molar-refractivity contribution in [2.75, 3.05) is 20.3 Å². The van der Waals surface area contributed by atoms with Gasteiger partial charge >= 0.3 is 0 Å². The van der Waals surface area contributed by atoms with Gasteiger partial charge in [0.2, 0.25) is 0 Å². The maximum atomic E-state index is 16.4. The molecule has 0 saturated carbocycles. The van der Waals surface area contributed by atoms with Gasteiger partial charge in [0.1, 0.15) is 34.3 Å². The summed E-state index contributed by atoms with van der Waals surface area (Å²) in [7, 11) is 1.44. The summed E-state index contributed by atoms with van der Waals surface area (Å²) in [5.74, 6) is -2.84. The van der Waals surface area contributed by atoms with Crippen molar-refractivity contribution < 1.29 is 37.7 Å². The van der Waals surface area contributed by atoms with Gasteiger partial charge in [0.25, 0.3) is 5.91 Å². The Morgan fingerprint density at radius 2 is 1.83 bits per heavy atom. The van der Waals surface area contributed by atoms with E-state index in [0.29, 0.717) is 22.3 Å². The summed E-state index contributed by atoms with van der Waals surface area (Å²) in [6.45, 7) is 3.99. The molecule has 0 radical (unpaired) electrons. The van der Waals surface area contributed by atoms with E-state index in [1.807, 2.05) is 0 Å². The number of ether oxygens (including phenoxy) is 2. The molecular formula is C31H30F3N3O5. The molecule has 1 amide bonds. The number of nitrogens with zero attached hydrogens (tertiary/aromatic N) is 2. The fourth-order valence-electron chi connectivity index (χ4n) is 5.28. The van der Waals surface area contributed by atoms with E-state index in [0.717, 1.165) is 18.2 Å². The van der Waals surface area contributed by atoms with Crippen LogP contribution in [0.4, 0.5) is 13.2 Å². The van der Waals surface area contributed by atoms with Gasteiger partial charge in [-0.2, -0.15) is 5.10 Å². The molecule has 2 heterocycles. The molecule has 0 spiro atoms. The van der Waals surface area contributed by atoms with E-state index in [9.17, 15) is 19.4 Å². The van der Waals surface area contributed by atoms with Crippen molar-refractivity contribution in [3.05, 3.63) is 88.4 Å². The van der Waals surface area contributed by atoms with E-state index >= 15 is 8.78 Å². The number of carbonyl (C=O) groups is 1. The van der Waals surface area contributed by atoms with Crippen LogP contribution >= 0.6 is 0 Å². The monoisotopic (exact) mass is 581 g/mol. The van der Waals surface area contributed by atoms with Gasteiger partial charge in [0.15, 0.2) is 0 Å². The zero-order valence-electron chi connectivity index (χ0n) is 23.5. The van der Waals surface area contributed by atoms with Gasteiger partial charge < -0.3 is 25.0 Å². The van der Waals surface area contributed by atoms with Crippen molar-refractivity contribution in [3.8, 4) is 16.9 Å². The maximum absolute atomic E-state index is 16.4. The number of aliphatic hydroxyl groups excluding tert-OH is 1. The first-order valence-corrected chi connectivity index (χ1v) is 13.3. The summed E-state index contributed by atoms with van der Waals surface area (Å²) in [5.41, 5.74) is -2.88. The van der Waals surface area contributed by atoms with Gasteiger partial charge in [-0.15, -0.1) is 5.10 Å². The zero-order valence-corrected chi connectivity index (χ0v) is 23.5. The molecule has 3 N–H and O–H groups in total. The van der Waals surface area contributed by atoms with E-state index in [-0.39, 0.29) is 41.8 Å².